The minimum Gasteiger partial charge on any atom is -0.457 e. The number of nitrogens with zero attached hydrogens (tertiary/aromatic N) is 1. The molecule has 0 unspecified atom stereocenters. The molecule has 0 bridgehead atoms. The summed E-state index contributed by atoms with van der Waals surface area (Å²) >= 11 is 0. The van der Waals surface area contributed by atoms with Crippen molar-refractivity contribution in [2.75, 3.05) is 11.9 Å². The molecule has 2 amide bonds. The van der Waals surface area contributed by atoms with Gasteiger partial charge in [0.25, 0.3) is 5.91 Å². The zero-order valence-corrected chi connectivity index (χ0v) is 17.2. The third-order valence-corrected chi connectivity index (χ3v) is 4.69. The predicted molar refractivity (Wildman–Crippen MR) is 124 cm³/mol. The van der Waals surface area contributed by atoms with E-state index in [4.69, 9.17) is 4.74 Å². The predicted octanol–water partition coefficient (Wildman–Crippen LogP) is 4.91. The van der Waals surface area contributed by atoms with E-state index in [9.17, 15) is 9.59 Å². The topological polar surface area (TPSA) is 80.3 Å². The van der Waals surface area contributed by atoms with E-state index in [2.05, 4.69) is 15.6 Å². The minimum absolute atomic E-state index is 0.130. The molecule has 3 aromatic carbocycles. The van der Waals surface area contributed by atoms with Gasteiger partial charge in [-0.05, 0) is 59.7 Å². The van der Waals surface area contributed by atoms with Crippen LogP contribution in [0.3, 0.4) is 0 Å². The van der Waals surface area contributed by atoms with Crippen LogP contribution in [0.5, 0.6) is 11.5 Å². The van der Waals surface area contributed by atoms with E-state index >= 15 is 0 Å². The Morgan fingerprint density at radius 1 is 0.719 bits per heavy atom. The van der Waals surface area contributed by atoms with Gasteiger partial charge in [0.05, 0.1) is 6.54 Å². The number of carbonyl (C=O) groups is 2. The smallest absolute Gasteiger partial charge is 0.251 e. The molecule has 158 valence electrons. The minimum atomic E-state index is -0.318. The lowest BCUT2D eigenvalue weighted by Crippen LogP contribution is -2.32. The van der Waals surface area contributed by atoms with Crippen LogP contribution < -0.4 is 15.4 Å². The normalized spacial score (nSPS) is 10.2. The van der Waals surface area contributed by atoms with E-state index in [1.807, 2.05) is 42.5 Å². The first-order chi connectivity index (χ1) is 15.7. The van der Waals surface area contributed by atoms with Gasteiger partial charge in [0.1, 0.15) is 11.5 Å². The van der Waals surface area contributed by atoms with Gasteiger partial charge in [-0.2, -0.15) is 0 Å². The fraction of sp³-hybridized carbons (Fsp3) is 0.0385. The van der Waals surface area contributed by atoms with Gasteiger partial charge in [0.2, 0.25) is 5.91 Å². The fourth-order valence-corrected chi connectivity index (χ4v) is 3.06. The molecule has 0 radical (unpaired) electrons. The molecule has 0 fully saturated rings. The molecule has 0 aliphatic rings. The van der Waals surface area contributed by atoms with Crippen molar-refractivity contribution < 1.29 is 14.3 Å². The summed E-state index contributed by atoms with van der Waals surface area (Å²) in [4.78, 5) is 28.5. The summed E-state index contributed by atoms with van der Waals surface area (Å²) in [6.07, 6.45) is 3.30. The van der Waals surface area contributed by atoms with Crippen LogP contribution >= 0.6 is 0 Å². The van der Waals surface area contributed by atoms with E-state index < -0.39 is 0 Å². The zero-order chi connectivity index (χ0) is 22.2. The first kappa shape index (κ1) is 20.8. The second-order valence-electron chi connectivity index (χ2n) is 6.98. The number of pyridine rings is 1. The van der Waals surface area contributed by atoms with Crippen molar-refractivity contribution in [2.45, 2.75) is 0 Å². The number of benzene rings is 3. The maximum atomic E-state index is 12.4. The molecular weight excluding hydrogens is 402 g/mol. The molecule has 0 saturated carbocycles. The molecule has 0 atom stereocenters. The third kappa shape index (κ3) is 5.58. The number of nitrogens with one attached hydrogen (secondary N) is 2. The lowest BCUT2D eigenvalue weighted by molar-refractivity contribution is -0.115. The summed E-state index contributed by atoms with van der Waals surface area (Å²) in [5.41, 5.74) is 3.21. The van der Waals surface area contributed by atoms with Crippen molar-refractivity contribution in [2.24, 2.45) is 0 Å². The average molecular weight is 423 g/mol. The van der Waals surface area contributed by atoms with Gasteiger partial charge in [-0.15, -0.1) is 0 Å². The molecule has 4 aromatic rings. The van der Waals surface area contributed by atoms with E-state index in [0.29, 0.717) is 22.7 Å². The SMILES string of the molecule is O=C(CNC(=O)c1ccc(-c2ccccc2)cc1)Nc1ccc(Oc2ccncc2)cc1. The monoisotopic (exact) mass is 423 g/mol. The van der Waals surface area contributed by atoms with Crippen LogP contribution in [-0.4, -0.2) is 23.3 Å². The maximum Gasteiger partial charge on any atom is 0.251 e. The van der Waals surface area contributed by atoms with Crippen LogP contribution in [0.15, 0.2) is 103 Å². The highest BCUT2D eigenvalue weighted by Gasteiger charge is 2.09. The Balaban J connectivity index is 1.27. The van der Waals surface area contributed by atoms with Gasteiger partial charge in [-0.3, -0.25) is 14.6 Å². The van der Waals surface area contributed by atoms with Crippen LogP contribution in [-0.2, 0) is 4.79 Å². The van der Waals surface area contributed by atoms with Crippen molar-refractivity contribution in [3.8, 4) is 22.6 Å². The van der Waals surface area contributed by atoms with E-state index in [-0.39, 0.29) is 18.4 Å². The Hall–Kier alpha value is -4.45. The second-order valence-corrected chi connectivity index (χ2v) is 6.98. The van der Waals surface area contributed by atoms with Gasteiger partial charge < -0.3 is 15.4 Å². The van der Waals surface area contributed by atoms with Gasteiger partial charge in [-0.1, -0.05) is 42.5 Å². The Bertz CT molecular complexity index is 1180. The van der Waals surface area contributed by atoms with Crippen LogP contribution in [0, 0.1) is 0 Å². The van der Waals surface area contributed by atoms with Crippen molar-refractivity contribution in [1.82, 2.24) is 10.3 Å². The molecule has 0 aliphatic carbocycles. The molecule has 0 aliphatic heterocycles. The number of hydrogen-bond acceptors (Lipinski definition) is 4. The van der Waals surface area contributed by atoms with Crippen molar-refractivity contribution in [3.05, 3.63) is 109 Å². The first-order valence-electron chi connectivity index (χ1n) is 10.1. The number of carbonyl (C=O) groups excluding carboxylic acids is 2. The Morgan fingerprint density at radius 3 is 2.03 bits per heavy atom. The zero-order valence-electron chi connectivity index (χ0n) is 17.2. The lowest BCUT2D eigenvalue weighted by Gasteiger charge is -2.09. The number of anilines is 1. The van der Waals surface area contributed by atoms with Crippen molar-refractivity contribution in [1.29, 1.82) is 0 Å². The molecule has 32 heavy (non-hydrogen) atoms. The molecule has 1 heterocycles. The van der Waals surface area contributed by atoms with Crippen molar-refractivity contribution in [3.63, 3.8) is 0 Å². The summed E-state index contributed by atoms with van der Waals surface area (Å²) in [6, 6.07) is 27.7. The highest BCUT2D eigenvalue weighted by Crippen LogP contribution is 2.22. The van der Waals surface area contributed by atoms with Gasteiger partial charge in [0.15, 0.2) is 0 Å². The highest BCUT2D eigenvalue weighted by molar-refractivity contribution is 5.99. The highest BCUT2D eigenvalue weighted by atomic mass is 16.5. The summed E-state index contributed by atoms with van der Waals surface area (Å²) in [5.74, 6) is 0.695. The largest absolute Gasteiger partial charge is 0.457 e. The van der Waals surface area contributed by atoms with Gasteiger partial charge in [-0.25, -0.2) is 0 Å². The van der Waals surface area contributed by atoms with Crippen LogP contribution in [0.1, 0.15) is 10.4 Å². The second kappa shape index (κ2) is 10.0. The molecule has 1 aromatic heterocycles. The Labute approximate surface area is 185 Å². The number of ether oxygens (including phenoxy) is 1. The molecule has 2 N–H and O–H groups in total. The maximum absolute atomic E-state index is 12.4. The molecule has 0 saturated heterocycles. The van der Waals surface area contributed by atoms with Gasteiger partial charge >= 0.3 is 0 Å². The fourth-order valence-electron chi connectivity index (χ4n) is 3.06. The number of amides is 2. The summed E-state index contributed by atoms with van der Waals surface area (Å²) in [6.45, 7) is -0.130. The molecule has 0 spiro atoms. The molecular formula is C26H21N3O3. The number of hydrogen-bond donors (Lipinski definition) is 2. The Morgan fingerprint density at radius 2 is 1.34 bits per heavy atom. The standard InChI is InChI=1S/C26H21N3O3/c30-25(29-22-10-12-23(13-11-22)32-24-14-16-27-17-15-24)18-28-26(31)21-8-6-20(7-9-21)19-4-2-1-3-5-19/h1-17H,18H2,(H,28,31)(H,29,30). The summed E-state index contributed by atoms with van der Waals surface area (Å²) in [7, 11) is 0. The quantitative estimate of drug-likeness (QED) is 0.443. The van der Waals surface area contributed by atoms with E-state index in [1.165, 1.54) is 0 Å². The van der Waals surface area contributed by atoms with Crippen LogP contribution in [0.4, 0.5) is 5.69 Å². The summed E-state index contributed by atoms with van der Waals surface area (Å²) in [5, 5.41) is 5.39. The number of aromatic nitrogens is 1. The van der Waals surface area contributed by atoms with Crippen LogP contribution in [0.2, 0.25) is 0 Å². The molecule has 6 heteroatoms. The summed E-state index contributed by atoms with van der Waals surface area (Å²) < 4.78 is 5.69. The molecule has 6 nitrogen and oxygen atoms in total. The average Bonchev–Trinajstić information content (AvgIpc) is 2.85. The van der Waals surface area contributed by atoms with Crippen molar-refractivity contribution >= 4 is 17.5 Å². The van der Waals surface area contributed by atoms with E-state index in [0.717, 1.165) is 11.1 Å². The lowest BCUT2D eigenvalue weighted by atomic mass is 10.0. The number of rotatable bonds is 7. The van der Waals surface area contributed by atoms with Gasteiger partial charge in [0, 0.05) is 23.6 Å². The first-order valence-corrected chi connectivity index (χ1v) is 10.1. The van der Waals surface area contributed by atoms with E-state index in [1.54, 1.807) is 60.9 Å². The van der Waals surface area contributed by atoms with Crippen LogP contribution in [0.25, 0.3) is 11.1 Å². The third-order valence-electron chi connectivity index (χ3n) is 4.69. The Kier molecular flexibility index (Phi) is 6.53. The molecule has 4 rings (SSSR count).